The summed E-state index contributed by atoms with van der Waals surface area (Å²) in [5.74, 6) is 2.09. The molecular weight excluding hydrogens is 212 g/mol. The summed E-state index contributed by atoms with van der Waals surface area (Å²) < 4.78 is 0. The minimum absolute atomic E-state index is 0.995. The molecule has 0 bridgehead atoms. The van der Waals surface area contributed by atoms with E-state index < -0.39 is 0 Å². The van der Waals surface area contributed by atoms with Crippen LogP contribution in [0.15, 0.2) is 12.3 Å². The molecule has 0 radical (unpaired) electrons. The molecule has 0 aliphatic carbocycles. The summed E-state index contributed by atoms with van der Waals surface area (Å²) in [6.45, 7) is 6.42. The molecule has 94 valence electrons. The minimum atomic E-state index is 0.995. The third kappa shape index (κ3) is 3.66. The van der Waals surface area contributed by atoms with Crippen molar-refractivity contribution < 1.29 is 0 Å². The first-order chi connectivity index (χ1) is 8.40. The van der Waals surface area contributed by atoms with Crippen molar-refractivity contribution in [2.75, 3.05) is 31.1 Å². The highest BCUT2D eigenvalue weighted by Crippen LogP contribution is 2.11. The van der Waals surface area contributed by atoms with Gasteiger partial charge in [0.1, 0.15) is 11.6 Å². The Labute approximate surface area is 103 Å². The van der Waals surface area contributed by atoms with E-state index >= 15 is 0 Å². The molecule has 0 saturated carbocycles. The number of rotatable bonds is 5. The quantitative estimate of drug-likeness (QED) is 0.786. The molecule has 1 N–H and O–H groups in total. The highest BCUT2D eigenvalue weighted by Gasteiger charge is 2.11. The first kappa shape index (κ1) is 12.3. The number of piperazine rings is 1. The Balaban J connectivity index is 1.95. The number of nitrogens with one attached hydrogen (secondary N) is 1. The van der Waals surface area contributed by atoms with Gasteiger partial charge in [0.05, 0.1) is 0 Å². The van der Waals surface area contributed by atoms with Crippen LogP contribution < -0.4 is 10.2 Å². The van der Waals surface area contributed by atoms with Crippen LogP contribution in [0.2, 0.25) is 0 Å². The molecule has 2 rings (SSSR count). The second-order valence-corrected chi connectivity index (χ2v) is 4.53. The Morgan fingerprint density at radius 3 is 2.88 bits per heavy atom. The second kappa shape index (κ2) is 6.55. The van der Waals surface area contributed by atoms with E-state index in [1.165, 1.54) is 19.3 Å². The van der Waals surface area contributed by atoms with Crippen molar-refractivity contribution in [2.24, 2.45) is 0 Å². The summed E-state index contributed by atoms with van der Waals surface area (Å²) in [7, 11) is 0. The number of nitrogens with zero attached hydrogens (tertiary/aromatic N) is 3. The highest BCUT2D eigenvalue weighted by atomic mass is 15.2. The molecule has 1 aromatic heterocycles. The Kier molecular flexibility index (Phi) is 4.74. The van der Waals surface area contributed by atoms with Crippen LogP contribution >= 0.6 is 0 Å². The topological polar surface area (TPSA) is 41.1 Å². The Hall–Kier alpha value is -1.16. The summed E-state index contributed by atoms with van der Waals surface area (Å²) in [6, 6.07) is 2.02. The Morgan fingerprint density at radius 1 is 1.29 bits per heavy atom. The van der Waals surface area contributed by atoms with Crippen molar-refractivity contribution in [3.63, 3.8) is 0 Å². The molecular formula is C13H22N4. The summed E-state index contributed by atoms with van der Waals surface area (Å²) >= 11 is 0. The van der Waals surface area contributed by atoms with Crippen LogP contribution in [0.4, 0.5) is 5.82 Å². The third-order valence-corrected chi connectivity index (χ3v) is 3.14. The number of hydrogen-bond donors (Lipinski definition) is 1. The van der Waals surface area contributed by atoms with Gasteiger partial charge >= 0.3 is 0 Å². The van der Waals surface area contributed by atoms with E-state index in [0.717, 1.165) is 44.2 Å². The zero-order valence-corrected chi connectivity index (χ0v) is 10.7. The molecule has 0 amide bonds. The number of aryl methyl sites for hydroxylation is 1. The van der Waals surface area contributed by atoms with Crippen LogP contribution in [-0.4, -0.2) is 36.1 Å². The zero-order chi connectivity index (χ0) is 11.9. The number of anilines is 1. The van der Waals surface area contributed by atoms with Crippen molar-refractivity contribution in [1.82, 2.24) is 15.3 Å². The normalized spacial score (nSPS) is 16.2. The Bertz CT molecular complexity index is 334. The fourth-order valence-electron chi connectivity index (χ4n) is 2.11. The number of unbranched alkanes of at least 4 members (excludes halogenated alkanes) is 2. The maximum absolute atomic E-state index is 4.66. The molecule has 1 aliphatic heterocycles. The van der Waals surface area contributed by atoms with Crippen molar-refractivity contribution in [3.8, 4) is 0 Å². The van der Waals surface area contributed by atoms with E-state index in [0.29, 0.717) is 0 Å². The lowest BCUT2D eigenvalue weighted by molar-refractivity contribution is 0.582. The molecule has 2 heterocycles. The van der Waals surface area contributed by atoms with Gasteiger partial charge in [0.15, 0.2) is 0 Å². The first-order valence-electron chi connectivity index (χ1n) is 6.67. The summed E-state index contributed by atoms with van der Waals surface area (Å²) in [5.41, 5.74) is 0. The lowest BCUT2D eigenvalue weighted by Crippen LogP contribution is -2.44. The van der Waals surface area contributed by atoms with Gasteiger partial charge in [-0.05, 0) is 12.5 Å². The van der Waals surface area contributed by atoms with Crippen LogP contribution in [0.5, 0.6) is 0 Å². The maximum Gasteiger partial charge on any atom is 0.132 e. The fourth-order valence-corrected chi connectivity index (χ4v) is 2.11. The molecule has 4 heteroatoms. The average Bonchev–Trinajstić information content (AvgIpc) is 2.41. The van der Waals surface area contributed by atoms with Gasteiger partial charge in [0.2, 0.25) is 0 Å². The molecule has 1 aromatic rings. The van der Waals surface area contributed by atoms with Gasteiger partial charge in [-0.2, -0.15) is 0 Å². The van der Waals surface area contributed by atoms with Gasteiger partial charge in [-0.1, -0.05) is 19.8 Å². The van der Waals surface area contributed by atoms with Crippen LogP contribution in [0, 0.1) is 0 Å². The SMILES string of the molecule is CCCCCc1nccc(N2CCNCC2)n1. The summed E-state index contributed by atoms with van der Waals surface area (Å²) in [6.07, 6.45) is 6.61. The molecule has 1 fully saturated rings. The van der Waals surface area contributed by atoms with Gasteiger partial charge < -0.3 is 10.2 Å². The molecule has 17 heavy (non-hydrogen) atoms. The Morgan fingerprint density at radius 2 is 2.12 bits per heavy atom. The molecule has 0 spiro atoms. The zero-order valence-electron chi connectivity index (χ0n) is 10.7. The van der Waals surface area contributed by atoms with E-state index in [2.05, 4.69) is 27.1 Å². The number of hydrogen-bond acceptors (Lipinski definition) is 4. The number of aromatic nitrogens is 2. The van der Waals surface area contributed by atoms with Crippen LogP contribution in [-0.2, 0) is 6.42 Å². The molecule has 4 nitrogen and oxygen atoms in total. The van der Waals surface area contributed by atoms with Gasteiger partial charge in [0.25, 0.3) is 0 Å². The fraction of sp³-hybridized carbons (Fsp3) is 0.692. The van der Waals surface area contributed by atoms with Gasteiger partial charge in [-0.15, -0.1) is 0 Å². The van der Waals surface area contributed by atoms with Crippen molar-refractivity contribution in [2.45, 2.75) is 32.6 Å². The lowest BCUT2D eigenvalue weighted by Gasteiger charge is -2.28. The van der Waals surface area contributed by atoms with E-state index in [-0.39, 0.29) is 0 Å². The predicted molar refractivity (Wildman–Crippen MR) is 70.3 cm³/mol. The third-order valence-electron chi connectivity index (χ3n) is 3.14. The summed E-state index contributed by atoms with van der Waals surface area (Å²) in [5, 5.41) is 3.36. The molecule has 1 aliphatic rings. The van der Waals surface area contributed by atoms with E-state index in [1.807, 2.05) is 12.3 Å². The van der Waals surface area contributed by atoms with Crippen LogP contribution in [0.25, 0.3) is 0 Å². The van der Waals surface area contributed by atoms with Gasteiger partial charge in [0, 0.05) is 38.8 Å². The maximum atomic E-state index is 4.66. The van der Waals surface area contributed by atoms with E-state index in [9.17, 15) is 0 Å². The molecule has 0 unspecified atom stereocenters. The van der Waals surface area contributed by atoms with Crippen molar-refractivity contribution >= 4 is 5.82 Å². The molecule has 0 atom stereocenters. The predicted octanol–water partition coefficient (Wildman–Crippen LogP) is 1.62. The molecule has 1 saturated heterocycles. The van der Waals surface area contributed by atoms with Crippen LogP contribution in [0.1, 0.15) is 32.0 Å². The monoisotopic (exact) mass is 234 g/mol. The van der Waals surface area contributed by atoms with Gasteiger partial charge in [-0.25, -0.2) is 9.97 Å². The van der Waals surface area contributed by atoms with Gasteiger partial charge in [-0.3, -0.25) is 0 Å². The van der Waals surface area contributed by atoms with Crippen molar-refractivity contribution in [1.29, 1.82) is 0 Å². The van der Waals surface area contributed by atoms with Crippen molar-refractivity contribution in [3.05, 3.63) is 18.1 Å². The minimum Gasteiger partial charge on any atom is -0.354 e. The second-order valence-electron chi connectivity index (χ2n) is 4.53. The van der Waals surface area contributed by atoms with E-state index in [1.54, 1.807) is 0 Å². The standard InChI is InChI=1S/C13H22N4/c1-2-3-4-5-12-15-7-6-13(16-12)17-10-8-14-9-11-17/h6-7,14H,2-5,8-11H2,1H3. The highest BCUT2D eigenvalue weighted by molar-refractivity contribution is 5.38. The lowest BCUT2D eigenvalue weighted by atomic mass is 10.2. The van der Waals surface area contributed by atoms with Crippen LogP contribution in [0.3, 0.4) is 0 Å². The smallest absolute Gasteiger partial charge is 0.132 e. The largest absolute Gasteiger partial charge is 0.354 e. The summed E-state index contributed by atoms with van der Waals surface area (Å²) in [4.78, 5) is 11.3. The van der Waals surface area contributed by atoms with E-state index in [4.69, 9.17) is 0 Å². The average molecular weight is 234 g/mol. The molecule has 0 aromatic carbocycles. The first-order valence-corrected chi connectivity index (χ1v) is 6.67.